The maximum absolute atomic E-state index is 13.5. The summed E-state index contributed by atoms with van der Waals surface area (Å²) in [5.74, 6) is 0.458. The highest BCUT2D eigenvalue weighted by molar-refractivity contribution is 9.10. The summed E-state index contributed by atoms with van der Waals surface area (Å²) in [6.45, 7) is 0. The number of halogens is 3. The van der Waals surface area contributed by atoms with Crippen molar-refractivity contribution in [2.75, 3.05) is 0 Å². The highest BCUT2D eigenvalue weighted by Gasteiger charge is 2.05. The molecule has 2 aromatic rings. The number of alkyl halides is 1. The molecule has 0 radical (unpaired) electrons. The van der Waals surface area contributed by atoms with Crippen LogP contribution in [0.25, 0.3) is 0 Å². The van der Waals surface area contributed by atoms with E-state index in [1.54, 1.807) is 12.1 Å². The third-order valence-electron chi connectivity index (χ3n) is 2.20. The van der Waals surface area contributed by atoms with E-state index in [4.69, 9.17) is 4.74 Å². The maximum atomic E-state index is 13.5. The van der Waals surface area contributed by atoms with Crippen LogP contribution >= 0.6 is 31.9 Å². The number of rotatable bonds is 3. The van der Waals surface area contributed by atoms with Crippen molar-refractivity contribution in [3.63, 3.8) is 0 Å². The van der Waals surface area contributed by atoms with Crippen LogP contribution in [0, 0.1) is 5.82 Å². The second-order valence-electron chi connectivity index (χ2n) is 3.45. The predicted octanol–water partition coefficient (Wildman–Crippen LogP) is 5.28. The fourth-order valence-electron chi connectivity index (χ4n) is 1.33. The SMILES string of the molecule is Fc1cc(Br)ccc1Oc1ccc(CBr)cc1. The third-order valence-corrected chi connectivity index (χ3v) is 3.34. The molecule has 0 unspecified atom stereocenters. The number of hydrogen-bond donors (Lipinski definition) is 0. The van der Waals surface area contributed by atoms with Crippen molar-refractivity contribution in [3.8, 4) is 11.5 Å². The monoisotopic (exact) mass is 358 g/mol. The van der Waals surface area contributed by atoms with Gasteiger partial charge in [-0.3, -0.25) is 0 Å². The molecule has 0 saturated carbocycles. The second kappa shape index (κ2) is 5.65. The fourth-order valence-corrected chi connectivity index (χ4v) is 2.04. The summed E-state index contributed by atoms with van der Waals surface area (Å²) in [5, 5.41) is 0.792. The Morgan fingerprint density at radius 3 is 2.35 bits per heavy atom. The average Bonchev–Trinajstić information content (AvgIpc) is 2.34. The van der Waals surface area contributed by atoms with Crippen molar-refractivity contribution < 1.29 is 9.13 Å². The van der Waals surface area contributed by atoms with Crippen LogP contribution in [-0.2, 0) is 5.33 Å². The van der Waals surface area contributed by atoms with Crippen molar-refractivity contribution in [2.45, 2.75) is 5.33 Å². The fraction of sp³-hybridized carbons (Fsp3) is 0.0769. The lowest BCUT2D eigenvalue weighted by Crippen LogP contribution is -1.88. The summed E-state index contributed by atoms with van der Waals surface area (Å²) in [4.78, 5) is 0. The van der Waals surface area contributed by atoms with E-state index in [0.717, 1.165) is 10.9 Å². The molecule has 0 atom stereocenters. The molecule has 1 nitrogen and oxygen atoms in total. The summed E-state index contributed by atoms with van der Waals surface area (Å²) >= 11 is 6.56. The molecule has 0 spiro atoms. The van der Waals surface area contributed by atoms with E-state index in [9.17, 15) is 4.39 Å². The Balaban J connectivity index is 2.19. The zero-order valence-electron chi connectivity index (χ0n) is 8.79. The number of hydrogen-bond acceptors (Lipinski definition) is 1. The minimum Gasteiger partial charge on any atom is -0.454 e. The lowest BCUT2D eigenvalue weighted by molar-refractivity contribution is 0.442. The Kier molecular flexibility index (Phi) is 4.18. The van der Waals surface area contributed by atoms with Crippen LogP contribution in [0.3, 0.4) is 0 Å². The van der Waals surface area contributed by atoms with Crippen LogP contribution in [0.4, 0.5) is 4.39 Å². The molecule has 2 rings (SSSR count). The molecule has 0 N–H and O–H groups in total. The van der Waals surface area contributed by atoms with Crippen molar-refractivity contribution in [3.05, 3.63) is 58.3 Å². The van der Waals surface area contributed by atoms with Gasteiger partial charge in [-0.05, 0) is 35.9 Å². The van der Waals surface area contributed by atoms with Gasteiger partial charge in [-0.2, -0.15) is 0 Å². The molecule has 17 heavy (non-hydrogen) atoms. The summed E-state index contributed by atoms with van der Waals surface area (Å²) in [7, 11) is 0. The Hall–Kier alpha value is -0.870. The molecule has 0 aliphatic carbocycles. The van der Waals surface area contributed by atoms with E-state index in [0.29, 0.717) is 10.2 Å². The molecule has 0 fully saturated rings. The molecule has 0 heterocycles. The summed E-state index contributed by atoms with van der Waals surface area (Å²) in [6.07, 6.45) is 0. The van der Waals surface area contributed by atoms with Crippen LogP contribution in [0.1, 0.15) is 5.56 Å². The van der Waals surface area contributed by atoms with Gasteiger partial charge >= 0.3 is 0 Å². The summed E-state index contributed by atoms with van der Waals surface area (Å²) in [6, 6.07) is 12.2. The molecular formula is C13H9Br2FO. The quantitative estimate of drug-likeness (QED) is 0.678. The molecule has 0 amide bonds. The van der Waals surface area contributed by atoms with Gasteiger partial charge in [0.05, 0.1) is 0 Å². The van der Waals surface area contributed by atoms with Gasteiger partial charge in [0.15, 0.2) is 11.6 Å². The number of ether oxygens (including phenoxy) is 1. The van der Waals surface area contributed by atoms with E-state index < -0.39 is 0 Å². The second-order valence-corrected chi connectivity index (χ2v) is 4.93. The summed E-state index contributed by atoms with van der Waals surface area (Å²) in [5.41, 5.74) is 1.15. The zero-order chi connectivity index (χ0) is 12.3. The van der Waals surface area contributed by atoms with E-state index in [1.165, 1.54) is 6.07 Å². The van der Waals surface area contributed by atoms with Gasteiger partial charge in [-0.1, -0.05) is 44.0 Å². The Morgan fingerprint density at radius 1 is 1.06 bits per heavy atom. The first kappa shape index (κ1) is 12.6. The maximum Gasteiger partial charge on any atom is 0.166 e. The third kappa shape index (κ3) is 3.30. The molecule has 0 aromatic heterocycles. The van der Waals surface area contributed by atoms with Gasteiger partial charge in [-0.25, -0.2) is 4.39 Å². The predicted molar refractivity (Wildman–Crippen MR) is 73.2 cm³/mol. The summed E-state index contributed by atoms with van der Waals surface area (Å²) < 4.78 is 19.7. The molecule has 0 bridgehead atoms. The number of benzene rings is 2. The highest BCUT2D eigenvalue weighted by atomic mass is 79.9. The van der Waals surface area contributed by atoms with Crippen LogP contribution in [0.5, 0.6) is 11.5 Å². The van der Waals surface area contributed by atoms with Crippen LogP contribution in [0.2, 0.25) is 0 Å². The van der Waals surface area contributed by atoms with Crippen LogP contribution < -0.4 is 4.74 Å². The topological polar surface area (TPSA) is 9.23 Å². The standard InChI is InChI=1S/C13H9Br2FO/c14-8-9-1-4-11(5-2-9)17-13-6-3-10(15)7-12(13)16/h1-7H,8H2. The van der Waals surface area contributed by atoms with Gasteiger partial charge < -0.3 is 4.74 Å². The Labute approximate surface area is 116 Å². The van der Waals surface area contributed by atoms with E-state index in [1.807, 2.05) is 24.3 Å². The van der Waals surface area contributed by atoms with Crippen molar-refractivity contribution in [1.82, 2.24) is 0 Å². The minimum absolute atomic E-state index is 0.222. The van der Waals surface area contributed by atoms with Crippen molar-refractivity contribution >= 4 is 31.9 Å². The normalized spacial score (nSPS) is 10.3. The minimum atomic E-state index is -0.385. The zero-order valence-corrected chi connectivity index (χ0v) is 12.0. The van der Waals surface area contributed by atoms with Gasteiger partial charge in [0, 0.05) is 9.80 Å². The molecule has 0 aliphatic rings. The molecule has 0 saturated heterocycles. The molecule has 2 aromatic carbocycles. The van der Waals surface area contributed by atoms with Gasteiger partial charge in [-0.15, -0.1) is 0 Å². The van der Waals surface area contributed by atoms with E-state index >= 15 is 0 Å². The largest absolute Gasteiger partial charge is 0.454 e. The lowest BCUT2D eigenvalue weighted by atomic mass is 10.2. The molecule has 4 heteroatoms. The Bertz CT molecular complexity index is 511. The first-order valence-corrected chi connectivity index (χ1v) is 6.88. The Morgan fingerprint density at radius 2 is 1.76 bits per heavy atom. The highest BCUT2D eigenvalue weighted by Crippen LogP contribution is 2.27. The van der Waals surface area contributed by atoms with Crippen LogP contribution in [-0.4, -0.2) is 0 Å². The smallest absolute Gasteiger partial charge is 0.166 e. The molecule has 0 aliphatic heterocycles. The van der Waals surface area contributed by atoms with Gasteiger partial charge in [0.1, 0.15) is 5.75 Å². The van der Waals surface area contributed by atoms with Crippen molar-refractivity contribution in [1.29, 1.82) is 0 Å². The molecular weight excluding hydrogens is 351 g/mol. The van der Waals surface area contributed by atoms with E-state index in [-0.39, 0.29) is 11.6 Å². The van der Waals surface area contributed by atoms with Crippen LogP contribution in [0.15, 0.2) is 46.9 Å². The van der Waals surface area contributed by atoms with Gasteiger partial charge in [0.2, 0.25) is 0 Å². The first-order valence-electron chi connectivity index (χ1n) is 4.97. The first-order chi connectivity index (χ1) is 8.19. The lowest BCUT2D eigenvalue weighted by Gasteiger charge is -2.07. The van der Waals surface area contributed by atoms with Gasteiger partial charge in [0.25, 0.3) is 0 Å². The van der Waals surface area contributed by atoms with Crippen molar-refractivity contribution in [2.24, 2.45) is 0 Å². The molecule has 88 valence electrons. The van der Waals surface area contributed by atoms with E-state index in [2.05, 4.69) is 31.9 Å². The average molecular weight is 360 g/mol.